The summed E-state index contributed by atoms with van der Waals surface area (Å²) in [6, 6.07) is 0. The van der Waals surface area contributed by atoms with E-state index in [2.05, 4.69) is 11.7 Å². The zero-order valence-electron chi connectivity index (χ0n) is 7.13. The van der Waals surface area contributed by atoms with Crippen molar-refractivity contribution in [3.63, 3.8) is 0 Å². The lowest BCUT2D eigenvalue weighted by molar-refractivity contribution is -0.200. The first-order valence-corrected chi connectivity index (χ1v) is 4.42. The lowest BCUT2D eigenvalue weighted by Gasteiger charge is -2.40. The Kier molecular flexibility index (Phi) is 1.50. The molecule has 12 heavy (non-hydrogen) atoms. The highest BCUT2D eigenvalue weighted by atomic mass is 16.6. The molecule has 0 radical (unpaired) electrons. The van der Waals surface area contributed by atoms with E-state index in [1.807, 2.05) is 0 Å². The smallest absolute Gasteiger partial charge is 0.331 e. The zero-order valence-corrected chi connectivity index (χ0v) is 7.13. The molecule has 0 aromatic rings. The summed E-state index contributed by atoms with van der Waals surface area (Å²) in [6.45, 7) is 2.15. The van der Waals surface area contributed by atoms with E-state index in [4.69, 9.17) is 0 Å². The third-order valence-corrected chi connectivity index (χ3v) is 3.09. The van der Waals surface area contributed by atoms with Crippen LogP contribution in [0.1, 0.15) is 32.6 Å². The fourth-order valence-electron chi connectivity index (χ4n) is 1.98. The Morgan fingerprint density at radius 2 is 1.75 bits per heavy atom. The summed E-state index contributed by atoms with van der Waals surface area (Å²) in [6.07, 6.45) is 3.35. The van der Waals surface area contributed by atoms with Gasteiger partial charge in [-0.1, -0.05) is 6.92 Å². The Labute approximate surface area is 71.1 Å². The maximum Gasteiger partial charge on any atom is 0.331 e. The van der Waals surface area contributed by atoms with Crippen LogP contribution in [0.3, 0.4) is 0 Å². The molecule has 1 aliphatic heterocycles. The summed E-state index contributed by atoms with van der Waals surface area (Å²) in [7, 11) is 0. The summed E-state index contributed by atoms with van der Waals surface area (Å²) in [4.78, 5) is 22.2. The van der Waals surface area contributed by atoms with Crippen LogP contribution < -0.4 is 0 Å². The van der Waals surface area contributed by atoms with E-state index in [9.17, 15) is 9.59 Å². The van der Waals surface area contributed by atoms with Gasteiger partial charge >= 0.3 is 11.9 Å². The molecule has 1 heterocycles. The molecule has 0 atom stereocenters. The van der Waals surface area contributed by atoms with Crippen molar-refractivity contribution >= 4 is 11.9 Å². The van der Waals surface area contributed by atoms with E-state index < -0.39 is 5.41 Å². The van der Waals surface area contributed by atoms with Gasteiger partial charge in [-0.3, -0.25) is 9.59 Å². The maximum absolute atomic E-state index is 11.1. The predicted octanol–water partition coefficient (Wildman–Crippen LogP) is 1.27. The first-order valence-electron chi connectivity index (χ1n) is 4.42. The molecule has 1 saturated carbocycles. The molecule has 0 bridgehead atoms. The molecular weight excluding hydrogens is 156 g/mol. The third-order valence-electron chi connectivity index (χ3n) is 3.09. The van der Waals surface area contributed by atoms with Gasteiger partial charge in [0.25, 0.3) is 0 Å². The first kappa shape index (κ1) is 7.77. The Morgan fingerprint density at radius 3 is 2.17 bits per heavy atom. The summed E-state index contributed by atoms with van der Waals surface area (Å²) in [5.41, 5.74) is -0.702. The number of cyclic esters (lactones) is 2. The molecule has 1 saturated heterocycles. The highest BCUT2D eigenvalue weighted by molar-refractivity contribution is 6.13. The number of rotatable bonds is 0. The van der Waals surface area contributed by atoms with Crippen molar-refractivity contribution in [2.75, 3.05) is 0 Å². The molecule has 0 aromatic heterocycles. The van der Waals surface area contributed by atoms with Gasteiger partial charge < -0.3 is 4.74 Å². The van der Waals surface area contributed by atoms with E-state index in [1.165, 1.54) is 0 Å². The molecule has 0 unspecified atom stereocenters. The van der Waals surface area contributed by atoms with E-state index in [1.54, 1.807) is 0 Å². The fourth-order valence-corrected chi connectivity index (χ4v) is 1.98. The van der Waals surface area contributed by atoms with Crippen LogP contribution >= 0.6 is 0 Å². The van der Waals surface area contributed by atoms with Crippen molar-refractivity contribution in [3.8, 4) is 0 Å². The number of carbonyl (C=O) groups is 2. The second-order valence-corrected chi connectivity index (χ2v) is 3.94. The molecule has 3 heteroatoms. The molecule has 2 fully saturated rings. The SMILES string of the molecule is CC1CCC2(CC1)C(=O)OC2=O. The molecule has 3 nitrogen and oxygen atoms in total. The van der Waals surface area contributed by atoms with Crippen LogP contribution in [0.15, 0.2) is 0 Å². The van der Waals surface area contributed by atoms with E-state index in [0.717, 1.165) is 12.8 Å². The predicted molar refractivity (Wildman–Crippen MR) is 41.2 cm³/mol. The zero-order chi connectivity index (χ0) is 8.77. The molecule has 2 rings (SSSR count). The Balaban J connectivity index is 2.12. The Bertz CT molecular complexity index is 220. The van der Waals surface area contributed by atoms with Crippen LogP contribution in [-0.2, 0) is 14.3 Å². The number of hydrogen-bond acceptors (Lipinski definition) is 3. The molecular formula is C9H12O3. The monoisotopic (exact) mass is 168 g/mol. The number of esters is 2. The molecule has 0 N–H and O–H groups in total. The summed E-state index contributed by atoms with van der Waals surface area (Å²) in [5.74, 6) is 0.0654. The van der Waals surface area contributed by atoms with Gasteiger partial charge in [-0.15, -0.1) is 0 Å². The summed E-state index contributed by atoms with van der Waals surface area (Å²) < 4.78 is 4.39. The highest BCUT2D eigenvalue weighted by Crippen LogP contribution is 2.45. The quantitative estimate of drug-likeness (QED) is 0.404. The van der Waals surface area contributed by atoms with Gasteiger partial charge in [-0.25, -0.2) is 0 Å². The maximum atomic E-state index is 11.1. The summed E-state index contributed by atoms with van der Waals surface area (Å²) >= 11 is 0. The molecule has 1 spiro atoms. The van der Waals surface area contributed by atoms with Crippen molar-refractivity contribution in [3.05, 3.63) is 0 Å². The van der Waals surface area contributed by atoms with Gasteiger partial charge in [-0.2, -0.15) is 0 Å². The van der Waals surface area contributed by atoms with E-state index in [-0.39, 0.29) is 11.9 Å². The Hall–Kier alpha value is -0.860. The van der Waals surface area contributed by atoms with Crippen LogP contribution in [0.5, 0.6) is 0 Å². The minimum atomic E-state index is -0.702. The van der Waals surface area contributed by atoms with Crippen LogP contribution in [0.4, 0.5) is 0 Å². The van der Waals surface area contributed by atoms with Crippen molar-refractivity contribution < 1.29 is 14.3 Å². The highest BCUT2D eigenvalue weighted by Gasteiger charge is 2.59. The lowest BCUT2D eigenvalue weighted by Crippen LogP contribution is -2.54. The minimum absolute atomic E-state index is 0.292. The van der Waals surface area contributed by atoms with E-state index >= 15 is 0 Å². The van der Waals surface area contributed by atoms with Gasteiger partial charge in [0.15, 0.2) is 5.41 Å². The standard InChI is InChI=1S/C9H12O3/c1-6-2-4-9(5-3-6)7(10)12-8(9)11/h6H,2-5H2,1H3. The lowest BCUT2D eigenvalue weighted by atomic mass is 9.68. The second-order valence-electron chi connectivity index (χ2n) is 3.94. The van der Waals surface area contributed by atoms with Crippen molar-refractivity contribution in [2.24, 2.45) is 11.3 Å². The topological polar surface area (TPSA) is 43.4 Å². The fraction of sp³-hybridized carbons (Fsp3) is 0.778. The molecule has 66 valence electrons. The van der Waals surface area contributed by atoms with Gasteiger partial charge in [0, 0.05) is 0 Å². The number of ether oxygens (including phenoxy) is 1. The van der Waals surface area contributed by atoms with Gasteiger partial charge in [0.1, 0.15) is 0 Å². The van der Waals surface area contributed by atoms with Crippen LogP contribution in [0.25, 0.3) is 0 Å². The molecule has 1 aliphatic carbocycles. The van der Waals surface area contributed by atoms with Crippen LogP contribution in [0, 0.1) is 11.3 Å². The van der Waals surface area contributed by atoms with Gasteiger partial charge in [0.05, 0.1) is 0 Å². The third kappa shape index (κ3) is 0.822. The van der Waals surface area contributed by atoms with Crippen LogP contribution in [-0.4, -0.2) is 11.9 Å². The molecule has 0 amide bonds. The molecule has 0 aromatic carbocycles. The second kappa shape index (κ2) is 2.31. The first-order chi connectivity index (χ1) is 5.65. The van der Waals surface area contributed by atoms with E-state index in [0.29, 0.717) is 18.8 Å². The molecule has 2 aliphatic rings. The average Bonchev–Trinajstić information content (AvgIpc) is 2.06. The largest absolute Gasteiger partial charge is 0.391 e. The van der Waals surface area contributed by atoms with Crippen molar-refractivity contribution in [1.82, 2.24) is 0 Å². The van der Waals surface area contributed by atoms with Gasteiger partial charge in [0.2, 0.25) is 0 Å². The van der Waals surface area contributed by atoms with Crippen molar-refractivity contribution in [1.29, 1.82) is 0 Å². The van der Waals surface area contributed by atoms with Crippen molar-refractivity contribution in [2.45, 2.75) is 32.6 Å². The van der Waals surface area contributed by atoms with Gasteiger partial charge in [-0.05, 0) is 31.6 Å². The normalized spacial score (nSPS) is 28.4. The number of hydrogen-bond donors (Lipinski definition) is 0. The Morgan fingerprint density at radius 1 is 1.25 bits per heavy atom. The minimum Gasteiger partial charge on any atom is -0.391 e. The average molecular weight is 168 g/mol. The number of carbonyl (C=O) groups excluding carboxylic acids is 2. The van der Waals surface area contributed by atoms with Crippen LogP contribution in [0.2, 0.25) is 0 Å². The summed E-state index contributed by atoms with van der Waals surface area (Å²) in [5, 5.41) is 0.